The number of nitrogens with zero attached hydrogens (tertiary/aromatic N) is 2. The molecule has 0 aliphatic carbocycles. The molecule has 0 radical (unpaired) electrons. The molecule has 2 aromatic rings. The Hall–Kier alpha value is -1.14. The van der Waals surface area contributed by atoms with Gasteiger partial charge in [0.05, 0.1) is 20.6 Å². The van der Waals surface area contributed by atoms with Gasteiger partial charge in [-0.1, -0.05) is 0 Å². The molecule has 0 fully saturated rings. The number of hydrogen-bond donors (Lipinski definition) is 1. The topological polar surface area (TPSA) is 55.1 Å². The molecule has 0 atom stereocenters. The molecule has 6 heteroatoms. The Morgan fingerprint density at radius 2 is 2.33 bits per heavy atom. The van der Waals surface area contributed by atoms with Crippen LogP contribution in [0.5, 0.6) is 0 Å². The smallest absolute Gasteiger partial charge is 0.339 e. The number of halogens is 1. The first-order valence-electron chi connectivity index (χ1n) is 4.10. The first-order valence-corrected chi connectivity index (χ1v) is 5.71. The van der Waals surface area contributed by atoms with Crippen molar-refractivity contribution in [3.63, 3.8) is 0 Å². The van der Waals surface area contributed by atoms with Gasteiger partial charge in [-0.2, -0.15) is 5.10 Å². The van der Waals surface area contributed by atoms with Gasteiger partial charge in [-0.15, -0.1) is 11.3 Å². The predicted octanol–water partition coefficient (Wildman–Crippen LogP) is 2.61. The van der Waals surface area contributed by atoms with Gasteiger partial charge in [0.2, 0.25) is 0 Å². The molecule has 2 aromatic heterocycles. The Morgan fingerprint density at radius 1 is 1.60 bits per heavy atom. The molecule has 0 aromatic carbocycles. The van der Waals surface area contributed by atoms with Gasteiger partial charge < -0.3 is 5.11 Å². The van der Waals surface area contributed by atoms with Crippen LogP contribution in [-0.2, 0) is 7.05 Å². The lowest BCUT2D eigenvalue weighted by Crippen LogP contribution is -1.99. The molecule has 15 heavy (non-hydrogen) atoms. The molecule has 0 aliphatic heterocycles. The van der Waals surface area contributed by atoms with E-state index in [0.717, 1.165) is 8.66 Å². The number of aryl methyl sites for hydroxylation is 1. The van der Waals surface area contributed by atoms with E-state index >= 15 is 0 Å². The van der Waals surface area contributed by atoms with Crippen LogP contribution >= 0.6 is 27.3 Å². The van der Waals surface area contributed by atoms with E-state index in [9.17, 15) is 4.79 Å². The van der Waals surface area contributed by atoms with Crippen LogP contribution in [0.3, 0.4) is 0 Å². The number of carbonyl (C=O) groups is 1. The number of carboxylic acid groups (broad SMARTS) is 1. The lowest BCUT2D eigenvalue weighted by molar-refractivity contribution is 0.0697. The summed E-state index contributed by atoms with van der Waals surface area (Å²) in [5.41, 5.74) is 0.866. The van der Waals surface area contributed by atoms with E-state index in [1.54, 1.807) is 11.7 Å². The zero-order valence-electron chi connectivity index (χ0n) is 7.77. The van der Waals surface area contributed by atoms with E-state index in [2.05, 4.69) is 21.0 Å². The Morgan fingerprint density at radius 3 is 2.87 bits per heavy atom. The minimum absolute atomic E-state index is 0.229. The quantitative estimate of drug-likeness (QED) is 0.923. The van der Waals surface area contributed by atoms with E-state index in [1.807, 2.05) is 12.1 Å². The Labute approximate surface area is 98.3 Å². The van der Waals surface area contributed by atoms with Gasteiger partial charge in [-0.3, -0.25) is 4.68 Å². The second kappa shape index (κ2) is 3.79. The van der Waals surface area contributed by atoms with Crippen LogP contribution < -0.4 is 0 Å². The Kier molecular flexibility index (Phi) is 2.62. The summed E-state index contributed by atoms with van der Waals surface area (Å²) in [7, 11) is 1.73. The molecule has 0 spiro atoms. The summed E-state index contributed by atoms with van der Waals surface area (Å²) in [5.74, 6) is -0.956. The lowest BCUT2D eigenvalue weighted by Gasteiger charge is -1.99. The van der Waals surface area contributed by atoms with Gasteiger partial charge in [0.1, 0.15) is 5.56 Å². The highest BCUT2D eigenvalue weighted by Crippen LogP contribution is 2.32. The lowest BCUT2D eigenvalue weighted by atomic mass is 10.2. The second-order valence-corrected chi connectivity index (χ2v) is 5.40. The number of hydrogen-bond acceptors (Lipinski definition) is 3. The van der Waals surface area contributed by atoms with E-state index in [1.165, 1.54) is 17.5 Å². The van der Waals surface area contributed by atoms with Crippen molar-refractivity contribution in [2.24, 2.45) is 7.05 Å². The normalized spacial score (nSPS) is 10.5. The molecule has 0 saturated carbocycles. The largest absolute Gasteiger partial charge is 0.478 e. The third-order valence-electron chi connectivity index (χ3n) is 1.98. The van der Waals surface area contributed by atoms with E-state index in [0.29, 0.717) is 5.69 Å². The van der Waals surface area contributed by atoms with Gasteiger partial charge in [0.25, 0.3) is 0 Å². The maximum atomic E-state index is 11.0. The summed E-state index contributed by atoms with van der Waals surface area (Å²) in [4.78, 5) is 11.8. The number of aromatic nitrogens is 2. The van der Waals surface area contributed by atoms with Gasteiger partial charge in [-0.25, -0.2) is 4.79 Å². The number of aromatic carboxylic acids is 1. The van der Waals surface area contributed by atoms with Crippen molar-refractivity contribution in [1.82, 2.24) is 9.78 Å². The summed E-state index contributed by atoms with van der Waals surface area (Å²) in [6, 6.07) is 3.76. The molecular formula is C9H7BrN2O2S. The molecule has 0 bridgehead atoms. The van der Waals surface area contributed by atoms with Crippen molar-refractivity contribution < 1.29 is 9.90 Å². The fourth-order valence-corrected chi connectivity index (χ4v) is 2.80. The zero-order chi connectivity index (χ0) is 11.0. The third-order valence-corrected chi connectivity index (χ3v) is 3.61. The van der Waals surface area contributed by atoms with Crippen molar-refractivity contribution in [3.8, 4) is 10.6 Å². The highest BCUT2D eigenvalue weighted by atomic mass is 79.9. The molecule has 0 aliphatic rings. The molecule has 2 heterocycles. The minimum Gasteiger partial charge on any atom is -0.478 e. The summed E-state index contributed by atoms with van der Waals surface area (Å²) < 4.78 is 2.54. The highest BCUT2D eigenvalue weighted by Gasteiger charge is 2.17. The van der Waals surface area contributed by atoms with Crippen molar-refractivity contribution in [3.05, 3.63) is 27.7 Å². The van der Waals surface area contributed by atoms with Crippen LogP contribution in [0.4, 0.5) is 0 Å². The van der Waals surface area contributed by atoms with E-state index < -0.39 is 5.97 Å². The van der Waals surface area contributed by atoms with Gasteiger partial charge in [0.15, 0.2) is 0 Å². The number of rotatable bonds is 2. The van der Waals surface area contributed by atoms with Gasteiger partial charge >= 0.3 is 5.97 Å². The average molecular weight is 287 g/mol. The monoisotopic (exact) mass is 286 g/mol. The molecule has 2 rings (SSSR count). The third kappa shape index (κ3) is 1.82. The highest BCUT2D eigenvalue weighted by molar-refractivity contribution is 9.11. The van der Waals surface area contributed by atoms with Crippen LogP contribution in [0.15, 0.2) is 22.1 Å². The molecule has 0 amide bonds. The fourth-order valence-electron chi connectivity index (χ4n) is 1.33. The van der Waals surface area contributed by atoms with Crippen LogP contribution in [0, 0.1) is 0 Å². The van der Waals surface area contributed by atoms with Crippen molar-refractivity contribution in [2.45, 2.75) is 0 Å². The van der Waals surface area contributed by atoms with Crippen LogP contribution in [0.25, 0.3) is 10.6 Å². The number of carboxylic acids is 1. The Bertz CT molecular complexity index is 518. The number of thiophene rings is 1. The average Bonchev–Trinajstić information content (AvgIpc) is 2.71. The minimum atomic E-state index is -0.956. The first kappa shape index (κ1) is 10.4. The summed E-state index contributed by atoms with van der Waals surface area (Å²) in [6.45, 7) is 0. The van der Waals surface area contributed by atoms with Gasteiger partial charge in [-0.05, 0) is 28.1 Å². The zero-order valence-corrected chi connectivity index (χ0v) is 10.2. The molecule has 1 N–H and O–H groups in total. The maximum absolute atomic E-state index is 11.0. The fraction of sp³-hybridized carbons (Fsp3) is 0.111. The van der Waals surface area contributed by atoms with Crippen molar-refractivity contribution >= 4 is 33.2 Å². The first-order chi connectivity index (χ1) is 7.09. The van der Waals surface area contributed by atoms with Crippen molar-refractivity contribution in [1.29, 1.82) is 0 Å². The summed E-state index contributed by atoms with van der Waals surface area (Å²) >= 11 is 4.83. The van der Waals surface area contributed by atoms with Crippen molar-refractivity contribution in [2.75, 3.05) is 0 Å². The van der Waals surface area contributed by atoms with E-state index in [-0.39, 0.29) is 5.56 Å². The summed E-state index contributed by atoms with van der Waals surface area (Å²) in [5, 5.41) is 12.9. The Balaban J connectivity index is 2.60. The van der Waals surface area contributed by atoms with E-state index in [4.69, 9.17) is 5.11 Å². The summed E-state index contributed by atoms with van der Waals surface area (Å²) in [6.07, 6.45) is 1.37. The van der Waals surface area contributed by atoms with Crippen LogP contribution in [-0.4, -0.2) is 20.9 Å². The van der Waals surface area contributed by atoms with Gasteiger partial charge in [0, 0.05) is 7.05 Å². The predicted molar refractivity (Wildman–Crippen MR) is 61.2 cm³/mol. The van der Waals surface area contributed by atoms with Crippen LogP contribution in [0.2, 0.25) is 0 Å². The SMILES string of the molecule is Cn1ncc(C(=O)O)c1-c1ccc(Br)s1. The standard InChI is InChI=1S/C9H7BrN2O2S/c1-12-8(5(4-11-12)9(13)14)6-2-3-7(10)15-6/h2-4H,1H3,(H,13,14). The molecule has 0 unspecified atom stereocenters. The van der Waals surface area contributed by atoms with Crippen LogP contribution in [0.1, 0.15) is 10.4 Å². The molecule has 4 nitrogen and oxygen atoms in total. The molecular weight excluding hydrogens is 280 g/mol. The molecule has 0 saturated heterocycles. The maximum Gasteiger partial charge on any atom is 0.339 e. The second-order valence-electron chi connectivity index (χ2n) is 2.94. The molecule has 78 valence electrons.